The van der Waals surface area contributed by atoms with E-state index in [1.54, 1.807) is 6.26 Å². The maximum absolute atomic E-state index is 12.6. The van der Waals surface area contributed by atoms with Gasteiger partial charge < -0.3 is 20.1 Å². The average molecular weight is 814 g/mol. The first-order valence-corrected chi connectivity index (χ1v) is 25.4. The molecule has 8 nitrogen and oxygen atoms in total. The number of hydrogen-bond acceptors (Lipinski definition) is 7. The fourth-order valence-corrected chi connectivity index (χ4v) is 7.67. The summed E-state index contributed by atoms with van der Waals surface area (Å²) in [6.45, 7) is 4.27. The standard InChI is InChI=1S/C47H92NO7P/c1-3-5-7-9-11-13-15-17-19-21-23-24-26-28-30-32-34-36-38-40-47(49)55-46(45-54-56(50,51)53-43-41-48)44-52-42-39-37-35-33-31-29-27-25-22-20-18-16-14-12-10-8-6-4-2/h21,23,39,42,46H,3-20,22,24-38,40-41,43-45,48H2,1-2H3,(H,50,51)/b23-21-,42-39-/t46-/m1/s1. The largest absolute Gasteiger partial charge is 0.498 e. The Labute approximate surface area is 346 Å². The van der Waals surface area contributed by atoms with Gasteiger partial charge in [0.05, 0.1) is 19.5 Å². The van der Waals surface area contributed by atoms with Crippen molar-refractivity contribution in [2.45, 2.75) is 245 Å². The Morgan fingerprint density at radius 2 is 0.911 bits per heavy atom. The van der Waals surface area contributed by atoms with Crippen LogP contribution < -0.4 is 5.73 Å². The summed E-state index contributed by atoms with van der Waals surface area (Å²) in [4.78, 5) is 22.5. The smallest absolute Gasteiger partial charge is 0.472 e. The molecule has 0 aromatic heterocycles. The maximum atomic E-state index is 12.6. The van der Waals surface area contributed by atoms with Gasteiger partial charge in [0.1, 0.15) is 6.61 Å². The second-order valence-electron chi connectivity index (χ2n) is 16.0. The molecule has 0 aromatic rings. The van der Waals surface area contributed by atoms with Crippen LogP contribution in [0, 0.1) is 0 Å². The molecule has 0 saturated heterocycles. The van der Waals surface area contributed by atoms with E-state index < -0.39 is 13.9 Å². The van der Waals surface area contributed by atoms with Gasteiger partial charge in [-0.1, -0.05) is 199 Å². The molecule has 3 N–H and O–H groups in total. The highest BCUT2D eigenvalue weighted by Gasteiger charge is 2.25. The molecule has 0 rings (SSSR count). The van der Waals surface area contributed by atoms with Gasteiger partial charge in [-0.25, -0.2) is 4.57 Å². The summed E-state index contributed by atoms with van der Waals surface area (Å²) in [5, 5.41) is 0. The second-order valence-corrected chi connectivity index (χ2v) is 17.5. The van der Waals surface area contributed by atoms with E-state index in [9.17, 15) is 14.3 Å². The van der Waals surface area contributed by atoms with Crippen LogP contribution >= 0.6 is 7.82 Å². The molecule has 0 aliphatic heterocycles. The number of phosphoric ester groups is 1. The van der Waals surface area contributed by atoms with E-state index in [0.717, 1.165) is 32.1 Å². The molecule has 9 heteroatoms. The van der Waals surface area contributed by atoms with E-state index in [1.165, 1.54) is 186 Å². The zero-order valence-corrected chi connectivity index (χ0v) is 37.8. The molecular formula is C47H92NO7P. The van der Waals surface area contributed by atoms with Crippen LogP contribution in [0.2, 0.25) is 0 Å². The van der Waals surface area contributed by atoms with Gasteiger partial charge in [0.25, 0.3) is 0 Å². The summed E-state index contributed by atoms with van der Waals surface area (Å²) in [5.74, 6) is -0.353. The monoisotopic (exact) mass is 814 g/mol. The Kier molecular flexibility index (Phi) is 44.0. The quantitative estimate of drug-likeness (QED) is 0.0205. The summed E-state index contributed by atoms with van der Waals surface area (Å²) in [6.07, 6.45) is 51.5. The van der Waals surface area contributed by atoms with E-state index in [-0.39, 0.29) is 32.3 Å². The molecule has 0 amide bonds. The number of phosphoric acid groups is 1. The minimum atomic E-state index is -4.29. The highest BCUT2D eigenvalue weighted by Crippen LogP contribution is 2.43. The van der Waals surface area contributed by atoms with E-state index in [4.69, 9.17) is 24.3 Å². The summed E-state index contributed by atoms with van der Waals surface area (Å²) >= 11 is 0. The molecule has 1 unspecified atom stereocenters. The molecule has 2 atom stereocenters. The minimum absolute atomic E-state index is 0.0342. The minimum Gasteiger partial charge on any atom is -0.498 e. The fourth-order valence-electron chi connectivity index (χ4n) is 6.90. The van der Waals surface area contributed by atoms with E-state index in [0.29, 0.717) is 6.42 Å². The summed E-state index contributed by atoms with van der Waals surface area (Å²) in [7, 11) is -4.29. The molecule has 0 spiro atoms. The third-order valence-corrected chi connectivity index (χ3v) is 11.4. The molecule has 0 bridgehead atoms. The van der Waals surface area contributed by atoms with Gasteiger partial charge in [-0.15, -0.1) is 0 Å². The SMILES string of the molecule is CCCCCCCCCC/C=C\CCCCCCCCCC(=O)O[C@H](CO/C=C\CCCCCCCCCCCCCCCCCC)COP(=O)(O)OCCN. The average Bonchev–Trinajstić information content (AvgIpc) is 3.19. The predicted molar refractivity (Wildman–Crippen MR) is 238 cm³/mol. The van der Waals surface area contributed by atoms with Gasteiger partial charge in [-0.2, -0.15) is 0 Å². The van der Waals surface area contributed by atoms with Crippen LogP contribution in [-0.4, -0.2) is 43.3 Å². The number of allylic oxidation sites excluding steroid dienone is 3. The fraction of sp³-hybridized carbons (Fsp3) is 0.894. The first-order chi connectivity index (χ1) is 27.4. The number of hydrogen-bond donors (Lipinski definition) is 2. The molecule has 0 radical (unpaired) electrons. The number of rotatable bonds is 46. The molecular weight excluding hydrogens is 721 g/mol. The van der Waals surface area contributed by atoms with Crippen LogP contribution in [0.3, 0.4) is 0 Å². The zero-order valence-electron chi connectivity index (χ0n) is 36.9. The van der Waals surface area contributed by atoms with Crippen molar-refractivity contribution < 1.29 is 32.8 Å². The zero-order chi connectivity index (χ0) is 40.9. The summed E-state index contributed by atoms with van der Waals surface area (Å²) in [6, 6.07) is 0. The number of nitrogens with two attached hydrogens (primary N) is 1. The van der Waals surface area contributed by atoms with E-state index in [1.807, 2.05) is 6.08 Å². The highest BCUT2D eigenvalue weighted by atomic mass is 31.2. The molecule has 0 aliphatic carbocycles. The normalized spacial score (nSPS) is 13.5. The van der Waals surface area contributed by atoms with Crippen molar-refractivity contribution in [2.75, 3.05) is 26.4 Å². The topological polar surface area (TPSA) is 117 Å². The van der Waals surface area contributed by atoms with E-state index in [2.05, 4.69) is 26.0 Å². The number of carbonyl (C=O) groups excluding carboxylic acids is 1. The third kappa shape index (κ3) is 43.9. The Hall–Kier alpha value is -1.18. The van der Waals surface area contributed by atoms with Gasteiger partial charge in [-0.05, 0) is 51.0 Å². The van der Waals surface area contributed by atoms with Gasteiger partial charge in [0.2, 0.25) is 0 Å². The number of esters is 1. The van der Waals surface area contributed by atoms with Gasteiger partial charge in [-0.3, -0.25) is 13.8 Å². The Morgan fingerprint density at radius 1 is 0.536 bits per heavy atom. The Morgan fingerprint density at radius 3 is 1.32 bits per heavy atom. The lowest BCUT2D eigenvalue weighted by molar-refractivity contribution is -0.153. The molecule has 0 saturated carbocycles. The van der Waals surface area contributed by atoms with Crippen molar-refractivity contribution in [1.29, 1.82) is 0 Å². The summed E-state index contributed by atoms with van der Waals surface area (Å²) < 4.78 is 33.3. The van der Waals surface area contributed by atoms with Crippen LogP contribution in [0.15, 0.2) is 24.5 Å². The van der Waals surface area contributed by atoms with Crippen molar-refractivity contribution in [1.82, 2.24) is 0 Å². The second kappa shape index (κ2) is 44.9. The number of carbonyl (C=O) groups is 1. The van der Waals surface area contributed by atoms with Crippen molar-refractivity contribution in [3.8, 4) is 0 Å². The van der Waals surface area contributed by atoms with Crippen LogP contribution in [-0.2, 0) is 27.9 Å². The molecule has 332 valence electrons. The van der Waals surface area contributed by atoms with E-state index >= 15 is 0 Å². The van der Waals surface area contributed by atoms with Crippen molar-refractivity contribution in [3.63, 3.8) is 0 Å². The maximum Gasteiger partial charge on any atom is 0.472 e. The van der Waals surface area contributed by atoms with Crippen LogP contribution in [0.4, 0.5) is 0 Å². The first kappa shape index (κ1) is 54.8. The lowest BCUT2D eigenvalue weighted by atomic mass is 10.0. The van der Waals surface area contributed by atoms with Gasteiger partial charge in [0, 0.05) is 13.0 Å². The van der Waals surface area contributed by atoms with Crippen molar-refractivity contribution in [3.05, 3.63) is 24.5 Å². The lowest BCUT2D eigenvalue weighted by Gasteiger charge is -2.19. The Balaban J connectivity index is 4.01. The third-order valence-electron chi connectivity index (χ3n) is 10.4. The van der Waals surface area contributed by atoms with Crippen LogP contribution in [0.1, 0.15) is 239 Å². The predicted octanol–water partition coefficient (Wildman–Crippen LogP) is 14.8. The molecule has 0 heterocycles. The molecule has 0 aliphatic rings. The van der Waals surface area contributed by atoms with Crippen molar-refractivity contribution >= 4 is 13.8 Å². The van der Waals surface area contributed by atoms with Crippen LogP contribution in [0.25, 0.3) is 0 Å². The van der Waals surface area contributed by atoms with Crippen molar-refractivity contribution in [2.24, 2.45) is 5.73 Å². The molecule has 0 fully saturated rings. The van der Waals surface area contributed by atoms with Crippen LogP contribution in [0.5, 0.6) is 0 Å². The highest BCUT2D eigenvalue weighted by molar-refractivity contribution is 7.47. The summed E-state index contributed by atoms with van der Waals surface area (Å²) in [5.41, 5.74) is 5.37. The number of ether oxygens (including phenoxy) is 2. The Bertz CT molecular complexity index is 915. The lowest BCUT2D eigenvalue weighted by Crippen LogP contribution is -2.27. The van der Waals surface area contributed by atoms with Gasteiger partial charge >= 0.3 is 13.8 Å². The molecule has 0 aromatic carbocycles. The number of unbranched alkanes of at least 4 members (excludes halogenated alkanes) is 31. The van der Waals surface area contributed by atoms with Gasteiger partial charge in [0.15, 0.2) is 6.10 Å². The first-order valence-electron chi connectivity index (χ1n) is 23.9. The molecule has 56 heavy (non-hydrogen) atoms.